The Bertz CT molecular complexity index is 963. The molecule has 0 aliphatic heterocycles. The lowest BCUT2D eigenvalue weighted by Gasteiger charge is -2.25. The minimum Gasteiger partial charge on any atom is -0.497 e. The molecule has 9 heteroatoms. The number of hydrogen-bond donors (Lipinski definition) is 1. The Labute approximate surface area is 161 Å². The Morgan fingerprint density at radius 3 is 2.57 bits per heavy atom. The van der Waals surface area contributed by atoms with E-state index in [1.165, 1.54) is 17.3 Å². The molecule has 3 rings (SSSR count). The summed E-state index contributed by atoms with van der Waals surface area (Å²) in [5.41, 5.74) is 1.13. The summed E-state index contributed by atoms with van der Waals surface area (Å²) in [7, 11) is 1.58. The number of aromatic nitrogens is 3. The molecule has 148 valence electrons. The number of methoxy groups -OCH3 is 1. The Balaban J connectivity index is 1.86. The van der Waals surface area contributed by atoms with Gasteiger partial charge in [-0.25, -0.2) is 24.6 Å². The van der Waals surface area contributed by atoms with Gasteiger partial charge in [-0.15, -0.1) is 0 Å². The van der Waals surface area contributed by atoms with Gasteiger partial charge in [0.2, 0.25) is 11.8 Å². The third-order valence-electron chi connectivity index (χ3n) is 3.66. The molecule has 9 nitrogen and oxygen atoms in total. The maximum absolute atomic E-state index is 12.4. The average Bonchev–Trinajstić information content (AvgIpc) is 3.08. The van der Waals surface area contributed by atoms with Crippen LogP contribution in [0.25, 0.3) is 22.6 Å². The Morgan fingerprint density at radius 2 is 1.96 bits per heavy atom. The molecular formula is C19H22N4O5. The molecule has 0 unspecified atom stereocenters. The zero-order valence-corrected chi connectivity index (χ0v) is 16.2. The van der Waals surface area contributed by atoms with Gasteiger partial charge in [-0.1, -0.05) is 0 Å². The summed E-state index contributed by atoms with van der Waals surface area (Å²) in [5.74, 6) is 1.13. The van der Waals surface area contributed by atoms with E-state index in [4.69, 9.17) is 13.9 Å². The maximum atomic E-state index is 12.4. The standard InChI is InChI=1S/C19H22N4O5/c1-19(2,3)28-18(25)23(7-8-24)17-20-10-12(11-21-17)16-22-14-6-5-13(26-4)9-15(14)27-16/h5-6,9-11,24H,7-8H2,1-4H3. The smallest absolute Gasteiger partial charge is 0.417 e. The van der Waals surface area contributed by atoms with Crippen molar-refractivity contribution in [3.8, 4) is 17.2 Å². The van der Waals surface area contributed by atoms with Crippen LogP contribution in [-0.4, -0.2) is 52.0 Å². The van der Waals surface area contributed by atoms with Crippen molar-refractivity contribution in [1.82, 2.24) is 15.0 Å². The van der Waals surface area contributed by atoms with Gasteiger partial charge in [0.25, 0.3) is 0 Å². The molecule has 0 fully saturated rings. The molecule has 0 atom stereocenters. The van der Waals surface area contributed by atoms with Crippen LogP contribution in [-0.2, 0) is 4.74 Å². The fourth-order valence-corrected chi connectivity index (χ4v) is 2.42. The summed E-state index contributed by atoms with van der Waals surface area (Å²) in [6.07, 6.45) is 2.36. The van der Waals surface area contributed by atoms with Gasteiger partial charge >= 0.3 is 6.09 Å². The summed E-state index contributed by atoms with van der Waals surface area (Å²) in [5, 5.41) is 9.26. The Kier molecular flexibility index (Phi) is 5.46. The molecule has 2 aromatic heterocycles. The lowest BCUT2D eigenvalue weighted by molar-refractivity contribution is 0.0571. The summed E-state index contributed by atoms with van der Waals surface area (Å²) >= 11 is 0. The van der Waals surface area contributed by atoms with Gasteiger partial charge in [0.15, 0.2) is 5.58 Å². The van der Waals surface area contributed by atoms with Crippen LogP contribution in [0.5, 0.6) is 5.75 Å². The highest BCUT2D eigenvalue weighted by atomic mass is 16.6. The van der Waals surface area contributed by atoms with Gasteiger partial charge in [-0.05, 0) is 32.9 Å². The monoisotopic (exact) mass is 386 g/mol. The zero-order valence-electron chi connectivity index (χ0n) is 16.2. The summed E-state index contributed by atoms with van der Waals surface area (Å²) in [6, 6.07) is 5.33. The highest BCUT2D eigenvalue weighted by Gasteiger charge is 2.25. The number of aliphatic hydroxyl groups excluding tert-OH is 1. The van der Waals surface area contributed by atoms with E-state index in [0.29, 0.717) is 28.3 Å². The molecule has 28 heavy (non-hydrogen) atoms. The molecule has 0 saturated carbocycles. The molecule has 0 saturated heterocycles. The second kappa shape index (κ2) is 7.81. The van der Waals surface area contributed by atoms with Crippen molar-refractivity contribution in [3.05, 3.63) is 30.6 Å². The topological polar surface area (TPSA) is 111 Å². The number of carbonyl (C=O) groups is 1. The molecule has 0 bridgehead atoms. The summed E-state index contributed by atoms with van der Waals surface area (Å²) in [6.45, 7) is 5.03. The van der Waals surface area contributed by atoms with E-state index in [0.717, 1.165) is 0 Å². The van der Waals surface area contributed by atoms with Gasteiger partial charge in [-0.2, -0.15) is 0 Å². The number of anilines is 1. The lowest BCUT2D eigenvalue weighted by Crippen LogP contribution is -2.39. The number of carbonyl (C=O) groups excluding carboxylic acids is 1. The summed E-state index contributed by atoms with van der Waals surface area (Å²) in [4.78, 5) is 26.3. The van der Waals surface area contributed by atoms with E-state index in [-0.39, 0.29) is 19.1 Å². The number of fused-ring (bicyclic) bond motifs is 1. The van der Waals surface area contributed by atoms with E-state index in [2.05, 4.69) is 15.0 Å². The van der Waals surface area contributed by atoms with Crippen LogP contribution < -0.4 is 9.64 Å². The Hall–Kier alpha value is -3.20. The second-order valence-corrected chi connectivity index (χ2v) is 6.98. The van der Waals surface area contributed by atoms with Crippen molar-refractivity contribution in [3.63, 3.8) is 0 Å². The average molecular weight is 386 g/mol. The molecular weight excluding hydrogens is 364 g/mol. The van der Waals surface area contributed by atoms with Crippen molar-refractivity contribution in [2.45, 2.75) is 26.4 Å². The molecule has 3 aromatic rings. The van der Waals surface area contributed by atoms with Crippen LogP contribution in [0.2, 0.25) is 0 Å². The number of benzene rings is 1. The molecule has 0 aliphatic carbocycles. The van der Waals surface area contributed by atoms with Gasteiger partial charge in [0.1, 0.15) is 16.9 Å². The SMILES string of the molecule is COc1ccc2nc(-c3cnc(N(CCO)C(=O)OC(C)(C)C)nc3)oc2c1. The van der Waals surface area contributed by atoms with Crippen LogP contribution in [0.4, 0.5) is 10.7 Å². The first-order valence-corrected chi connectivity index (χ1v) is 8.69. The third-order valence-corrected chi connectivity index (χ3v) is 3.66. The minimum absolute atomic E-state index is 0.0109. The molecule has 1 N–H and O–H groups in total. The van der Waals surface area contributed by atoms with Crippen molar-refractivity contribution in [1.29, 1.82) is 0 Å². The molecule has 2 heterocycles. The van der Waals surface area contributed by atoms with Crippen molar-refractivity contribution < 1.29 is 23.8 Å². The first-order chi connectivity index (χ1) is 13.3. The number of nitrogens with zero attached hydrogens (tertiary/aromatic N) is 4. The predicted octanol–water partition coefficient (Wildman–Crippen LogP) is 3.03. The lowest BCUT2D eigenvalue weighted by atomic mass is 10.2. The highest BCUT2D eigenvalue weighted by molar-refractivity contribution is 5.85. The van der Waals surface area contributed by atoms with Crippen LogP contribution in [0, 0.1) is 0 Å². The maximum Gasteiger partial charge on any atom is 0.417 e. The van der Waals surface area contributed by atoms with E-state index in [1.807, 2.05) is 0 Å². The Morgan fingerprint density at radius 1 is 1.25 bits per heavy atom. The molecule has 1 amide bonds. The number of rotatable bonds is 5. The summed E-state index contributed by atoms with van der Waals surface area (Å²) < 4.78 is 16.3. The fraction of sp³-hybridized carbons (Fsp3) is 0.368. The number of aliphatic hydroxyl groups is 1. The van der Waals surface area contributed by atoms with Gasteiger partial charge in [-0.3, -0.25) is 0 Å². The van der Waals surface area contributed by atoms with Gasteiger partial charge < -0.3 is 19.0 Å². The number of oxazole rings is 1. The predicted molar refractivity (Wildman–Crippen MR) is 102 cm³/mol. The number of amides is 1. The fourth-order valence-electron chi connectivity index (χ4n) is 2.42. The minimum atomic E-state index is -0.677. The van der Waals surface area contributed by atoms with Crippen LogP contribution in [0.15, 0.2) is 35.0 Å². The van der Waals surface area contributed by atoms with E-state index >= 15 is 0 Å². The zero-order chi connectivity index (χ0) is 20.3. The van der Waals surface area contributed by atoms with E-state index in [9.17, 15) is 9.90 Å². The molecule has 0 aliphatic rings. The normalized spacial score (nSPS) is 11.5. The largest absolute Gasteiger partial charge is 0.497 e. The van der Waals surface area contributed by atoms with Gasteiger partial charge in [0, 0.05) is 18.5 Å². The van der Waals surface area contributed by atoms with E-state index in [1.54, 1.807) is 46.1 Å². The first-order valence-electron chi connectivity index (χ1n) is 8.69. The van der Waals surface area contributed by atoms with Crippen LogP contribution >= 0.6 is 0 Å². The number of hydrogen-bond acceptors (Lipinski definition) is 8. The first kappa shape index (κ1) is 19.6. The van der Waals surface area contributed by atoms with E-state index < -0.39 is 11.7 Å². The molecule has 1 aromatic carbocycles. The van der Waals surface area contributed by atoms with Crippen LogP contribution in [0.3, 0.4) is 0 Å². The van der Waals surface area contributed by atoms with Crippen molar-refractivity contribution >= 4 is 23.1 Å². The number of ether oxygens (including phenoxy) is 2. The van der Waals surface area contributed by atoms with Crippen LogP contribution in [0.1, 0.15) is 20.8 Å². The molecule has 0 radical (unpaired) electrons. The van der Waals surface area contributed by atoms with Crippen molar-refractivity contribution in [2.75, 3.05) is 25.2 Å². The molecule has 0 spiro atoms. The second-order valence-electron chi connectivity index (χ2n) is 6.98. The third kappa shape index (κ3) is 4.37. The quantitative estimate of drug-likeness (QED) is 0.712. The highest BCUT2D eigenvalue weighted by Crippen LogP contribution is 2.27. The van der Waals surface area contributed by atoms with Crippen molar-refractivity contribution in [2.24, 2.45) is 0 Å². The van der Waals surface area contributed by atoms with Gasteiger partial charge in [0.05, 0.1) is 25.8 Å².